The second kappa shape index (κ2) is 7.17. The molecule has 1 aromatic rings. The molecule has 0 bridgehead atoms. The van der Waals surface area contributed by atoms with Gasteiger partial charge in [0.25, 0.3) is 0 Å². The van der Waals surface area contributed by atoms with Gasteiger partial charge in [-0.2, -0.15) is 26.3 Å². The Morgan fingerprint density at radius 1 is 0.900 bits per heavy atom. The molecule has 1 aromatic carbocycles. The zero-order chi connectivity index (χ0) is 14.7. The molecule has 0 aliphatic carbocycles. The lowest BCUT2D eigenvalue weighted by Gasteiger charge is -2.14. The molecular formula is C12H13ClF6O. The van der Waals surface area contributed by atoms with E-state index in [1.807, 2.05) is 0 Å². The molecule has 1 rings (SSSR count). The molecule has 0 aliphatic heterocycles. The smallest absolute Gasteiger partial charge is 0.377 e. The Hall–Kier alpha value is -0.950. The van der Waals surface area contributed by atoms with E-state index in [4.69, 9.17) is 4.74 Å². The van der Waals surface area contributed by atoms with Crippen molar-refractivity contribution in [3.8, 4) is 0 Å². The maximum absolute atomic E-state index is 12.5. The van der Waals surface area contributed by atoms with Gasteiger partial charge in [0.05, 0.1) is 17.7 Å². The van der Waals surface area contributed by atoms with Gasteiger partial charge in [-0.1, -0.05) is 6.92 Å². The SMILES string of the molecule is CCCOCc1cc(C(F)(F)F)cc(C(F)(F)F)c1.Cl. The van der Waals surface area contributed by atoms with Crippen LogP contribution in [0.15, 0.2) is 18.2 Å². The molecule has 0 unspecified atom stereocenters. The van der Waals surface area contributed by atoms with Crippen LogP contribution >= 0.6 is 12.4 Å². The quantitative estimate of drug-likeness (QED) is 0.555. The highest BCUT2D eigenvalue weighted by Gasteiger charge is 2.36. The summed E-state index contributed by atoms with van der Waals surface area (Å²) < 4.78 is 80.1. The van der Waals surface area contributed by atoms with E-state index in [0.29, 0.717) is 18.6 Å². The van der Waals surface area contributed by atoms with Gasteiger partial charge in [-0.25, -0.2) is 0 Å². The minimum atomic E-state index is -4.82. The van der Waals surface area contributed by atoms with Gasteiger partial charge < -0.3 is 4.74 Å². The number of halogens is 7. The molecule has 0 aromatic heterocycles. The van der Waals surface area contributed by atoms with Crippen LogP contribution in [0.2, 0.25) is 0 Å². The average Bonchev–Trinajstić information content (AvgIpc) is 2.27. The first-order chi connectivity index (χ1) is 8.64. The van der Waals surface area contributed by atoms with Crippen molar-refractivity contribution in [3.63, 3.8) is 0 Å². The summed E-state index contributed by atoms with van der Waals surface area (Å²) in [4.78, 5) is 0. The van der Waals surface area contributed by atoms with E-state index >= 15 is 0 Å². The van der Waals surface area contributed by atoms with Crippen molar-refractivity contribution in [2.75, 3.05) is 6.61 Å². The second-order valence-electron chi connectivity index (χ2n) is 3.97. The third kappa shape index (κ3) is 5.58. The summed E-state index contributed by atoms with van der Waals surface area (Å²) in [6.07, 6.45) is -9.01. The maximum Gasteiger partial charge on any atom is 0.416 e. The standard InChI is InChI=1S/C12H12F6O.ClH/c1-2-3-19-7-8-4-9(11(13,14)15)6-10(5-8)12(16,17)18;/h4-6H,2-3,7H2,1H3;1H. The Bertz CT molecular complexity index is 395. The molecule has 0 fully saturated rings. The lowest BCUT2D eigenvalue weighted by molar-refractivity contribution is -0.143. The Labute approximate surface area is 118 Å². The van der Waals surface area contributed by atoms with Gasteiger partial charge in [-0.05, 0) is 30.2 Å². The lowest BCUT2D eigenvalue weighted by Crippen LogP contribution is -2.12. The van der Waals surface area contributed by atoms with E-state index in [2.05, 4.69) is 0 Å². The number of hydrogen-bond acceptors (Lipinski definition) is 1. The van der Waals surface area contributed by atoms with E-state index in [-0.39, 0.29) is 37.3 Å². The van der Waals surface area contributed by atoms with Crippen molar-refractivity contribution in [2.45, 2.75) is 32.3 Å². The molecular weight excluding hydrogens is 310 g/mol. The van der Waals surface area contributed by atoms with Crippen LogP contribution in [-0.4, -0.2) is 6.61 Å². The van der Waals surface area contributed by atoms with Gasteiger partial charge in [0.2, 0.25) is 0 Å². The van der Waals surface area contributed by atoms with Crippen molar-refractivity contribution in [1.29, 1.82) is 0 Å². The Kier molecular flexibility index (Phi) is 6.83. The minimum Gasteiger partial charge on any atom is -0.377 e. The molecule has 1 nitrogen and oxygen atoms in total. The summed E-state index contributed by atoms with van der Waals surface area (Å²) in [5.41, 5.74) is -2.79. The molecule has 0 N–H and O–H groups in total. The highest BCUT2D eigenvalue weighted by Crippen LogP contribution is 2.36. The first-order valence-electron chi connectivity index (χ1n) is 5.50. The summed E-state index contributed by atoms with van der Waals surface area (Å²) >= 11 is 0. The molecule has 0 heterocycles. The fraction of sp³-hybridized carbons (Fsp3) is 0.500. The molecule has 0 spiro atoms. The minimum absolute atomic E-state index is 0. The van der Waals surface area contributed by atoms with Crippen LogP contribution in [-0.2, 0) is 23.7 Å². The van der Waals surface area contributed by atoms with Crippen LogP contribution in [0.25, 0.3) is 0 Å². The number of rotatable bonds is 4. The van der Waals surface area contributed by atoms with Crippen molar-refractivity contribution in [3.05, 3.63) is 34.9 Å². The summed E-state index contributed by atoms with van der Waals surface area (Å²) in [7, 11) is 0. The first-order valence-corrected chi connectivity index (χ1v) is 5.50. The number of hydrogen-bond donors (Lipinski definition) is 0. The topological polar surface area (TPSA) is 9.23 Å². The lowest BCUT2D eigenvalue weighted by atomic mass is 10.1. The van der Waals surface area contributed by atoms with Gasteiger partial charge in [0.15, 0.2) is 0 Å². The first kappa shape index (κ1) is 19.1. The van der Waals surface area contributed by atoms with Crippen LogP contribution in [0, 0.1) is 0 Å². The maximum atomic E-state index is 12.5. The van der Waals surface area contributed by atoms with Gasteiger partial charge in [-0.3, -0.25) is 0 Å². The van der Waals surface area contributed by atoms with Crippen LogP contribution in [0.5, 0.6) is 0 Å². The molecule has 20 heavy (non-hydrogen) atoms. The van der Waals surface area contributed by atoms with Gasteiger partial charge in [-0.15, -0.1) is 12.4 Å². The fourth-order valence-corrected chi connectivity index (χ4v) is 1.44. The fourth-order valence-electron chi connectivity index (χ4n) is 1.44. The molecule has 0 saturated carbocycles. The zero-order valence-electron chi connectivity index (χ0n) is 10.4. The normalized spacial score (nSPS) is 12.2. The predicted octanol–water partition coefficient (Wildman–Crippen LogP) is 5.07. The van der Waals surface area contributed by atoms with E-state index in [1.165, 1.54) is 0 Å². The zero-order valence-corrected chi connectivity index (χ0v) is 11.3. The monoisotopic (exact) mass is 322 g/mol. The molecule has 0 radical (unpaired) electrons. The van der Waals surface area contributed by atoms with Crippen molar-refractivity contribution < 1.29 is 31.1 Å². The van der Waals surface area contributed by atoms with Gasteiger partial charge in [0, 0.05) is 6.61 Å². The van der Waals surface area contributed by atoms with E-state index < -0.39 is 23.5 Å². The largest absolute Gasteiger partial charge is 0.416 e. The van der Waals surface area contributed by atoms with Crippen LogP contribution in [0.1, 0.15) is 30.0 Å². The number of alkyl halides is 6. The number of ether oxygens (including phenoxy) is 1. The van der Waals surface area contributed by atoms with E-state index in [1.54, 1.807) is 6.92 Å². The van der Waals surface area contributed by atoms with Crippen LogP contribution < -0.4 is 0 Å². The summed E-state index contributed by atoms with van der Waals surface area (Å²) in [6, 6.07) is 1.44. The third-order valence-corrected chi connectivity index (χ3v) is 2.26. The van der Waals surface area contributed by atoms with Crippen molar-refractivity contribution >= 4 is 12.4 Å². The summed E-state index contributed by atoms with van der Waals surface area (Å²) in [5, 5.41) is 0. The molecule has 0 saturated heterocycles. The highest BCUT2D eigenvalue weighted by atomic mass is 35.5. The van der Waals surface area contributed by atoms with Crippen LogP contribution in [0.4, 0.5) is 26.3 Å². The molecule has 116 valence electrons. The van der Waals surface area contributed by atoms with Gasteiger partial charge >= 0.3 is 12.4 Å². The Balaban J connectivity index is 0.00000361. The summed E-state index contributed by atoms with van der Waals surface area (Å²) in [6.45, 7) is 1.78. The summed E-state index contributed by atoms with van der Waals surface area (Å²) in [5.74, 6) is 0. The molecule has 0 atom stereocenters. The second-order valence-corrected chi connectivity index (χ2v) is 3.97. The van der Waals surface area contributed by atoms with E-state index in [0.717, 1.165) is 0 Å². The van der Waals surface area contributed by atoms with Gasteiger partial charge in [0.1, 0.15) is 0 Å². The highest BCUT2D eigenvalue weighted by molar-refractivity contribution is 5.85. The molecule has 0 aliphatic rings. The average molecular weight is 323 g/mol. The Morgan fingerprint density at radius 3 is 1.70 bits per heavy atom. The van der Waals surface area contributed by atoms with Crippen molar-refractivity contribution in [1.82, 2.24) is 0 Å². The Morgan fingerprint density at radius 2 is 1.35 bits per heavy atom. The van der Waals surface area contributed by atoms with Crippen molar-refractivity contribution in [2.24, 2.45) is 0 Å². The molecule has 8 heteroatoms. The third-order valence-electron chi connectivity index (χ3n) is 2.26. The van der Waals surface area contributed by atoms with E-state index in [9.17, 15) is 26.3 Å². The molecule has 0 amide bonds. The predicted molar refractivity (Wildman–Crippen MR) is 63.6 cm³/mol. The van der Waals surface area contributed by atoms with Crippen LogP contribution in [0.3, 0.4) is 0 Å². The number of benzene rings is 1.